The molecule has 1 N–H and O–H groups in total. The summed E-state index contributed by atoms with van der Waals surface area (Å²) in [6.45, 7) is 21.1. The summed E-state index contributed by atoms with van der Waals surface area (Å²) in [5.74, 6) is 0.206. The van der Waals surface area contributed by atoms with Gasteiger partial charge in [-0.15, -0.1) is 6.58 Å². The van der Waals surface area contributed by atoms with Crippen LogP contribution in [0.3, 0.4) is 0 Å². The zero-order valence-electron chi connectivity index (χ0n) is 17.9. The van der Waals surface area contributed by atoms with Gasteiger partial charge in [0.05, 0.1) is 6.42 Å². The van der Waals surface area contributed by atoms with Crippen LogP contribution in [0.2, 0.25) is 0 Å². The van der Waals surface area contributed by atoms with Crippen LogP contribution in [0.5, 0.6) is 0 Å². The van der Waals surface area contributed by atoms with E-state index in [0.29, 0.717) is 19.0 Å². The van der Waals surface area contributed by atoms with Crippen molar-refractivity contribution in [1.82, 2.24) is 10.2 Å². The molecule has 1 heterocycles. The van der Waals surface area contributed by atoms with Crippen molar-refractivity contribution in [3.8, 4) is 0 Å². The predicted molar refractivity (Wildman–Crippen MR) is 121 cm³/mol. The van der Waals surface area contributed by atoms with Gasteiger partial charge in [0.1, 0.15) is 0 Å². The summed E-state index contributed by atoms with van der Waals surface area (Å²) in [7, 11) is 0. The Morgan fingerprint density at radius 2 is 1.56 bits per heavy atom. The molecule has 0 radical (unpaired) electrons. The molecule has 1 fully saturated rings. The monoisotopic (exact) mass is 372 g/mol. The third-order valence-electron chi connectivity index (χ3n) is 3.76. The third-order valence-corrected chi connectivity index (χ3v) is 3.76. The Balaban J connectivity index is 0. The number of hydrogen-bond acceptors (Lipinski definition) is 2. The molecule has 0 atom stereocenters. The maximum Gasteiger partial charge on any atom is 0.227 e. The molecule has 3 heteroatoms. The standard InChI is InChI=1S/C16H22N2O.C4H6.2C2H6/c1-2-12-18(15-8-10-17-11-9-15)16(19)13-14-6-4-3-5-7-14;1-3-4-2;2*1-2/h2-7,15,17H,1,8-13H2;3-4H,1-2H2;2*1-2H3. The van der Waals surface area contributed by atoms with Crippen molar-refractivity contribution in [3.63, 3.8) is 0 Å². The van der Waals surface area contributed by atoms with Gasteiger partial charge in [-0.05, 0) is 31.5 Å². The van der Waals surface area contributed by atoms with Crippen molar-refractivity contribution in [2.75, 3.05) is 19.6 Å². The molecule has 27 heavy (non-hydrogen) atoms. The van der Waals surface area contributed by atoms with Crippen molar-refractivity contribution in [1.29, 1.82) is 0 Å². The van der Waals surface area contributed by atoms with Crippen LogP contribution in [0.25, 0.3) is 0 Å². The molecule has 1 saturated heterocycles. The van der Waals surface area contributed by atoms with Crippen LogP contribution in [0.15, 0.2) is 68.3 Å². The minimum absolute atomic E-state index is 0.206. The summed E-state index contributed by atoms with van der Waals surface area (Å²) < 4.78 is 0. The Morgan fingerprint density at radius 1 is 1.04 bits per heavy atom. The average Bonchev–Trinajstić information content (AvgIpc) is 2.76. The van der Waals surface area contributed by atoms with E-state index in [1.54, 1.807) is 12.2 Å². The van der Waals surface area contributed by atoms with Crippen LogP contribution in [-0.4, -0.2) is 36.5 Å². The topological polar surface area (TPSA) is 32.3 Å². The lowest BCUT2D eigenvalue weighted by molar-refractivity contribution is -0.132. The molecule has 1 aromatic carbocycles. The second kappa shape index (κ2) is 20.2. The normalized spacial score (nSPS) is 12.4. The van der Waals surface area contributed by atoms with Crippen molar-refractivity contribution in [2.45, 2.75) is 53.0 Å². The van der Waals surface area contributed by atoms with Gasteiger partial charge in [-0.2, -0.15) is 0 Å². The van der Waals surface area contributed by atoms with Crippen molar-refractivity contribution < 1.29 is 4.79 Å². The van der Waals surface area contributed by atoms with E-state index in [1.165, 1.54) is 0 Å². The maximum atomic E-state index is 12.5. The Kier molecular flexibility index (Phi) is 20.3. The predicted octanol–water partition coefficient (Wildman–Crippen LogP) is 5.41. The van der Waals surface area contributed by atoms with E-state index in [-0.39, 0.29) is 5.91 Å². The largest absolute Gasteiger partial charge is 0.336 e. The number of carbonyl (C=O) groups is 1. The SMILES string of the molecule is C=CC=C.C=CCN(C(=O)Cc1ccccc1)C1CCNCC1.CC.CC. The van der Waals surface area contributed by atoms with Gasteiger partial charge in [-0.25, -0.2) is 0 Å². The minimum Gasteiger partial charge on any atom is -0.336 e. The maximum absolute atomic E-state index is 12.5. The van der Waals surface area contributed by atoms with Gasteiger partial charge < -0.3 is 10.2 Å². The van der Waals surface area contributed by atoms with Crippen LogP contribution in [0.4, 0.5) is 0 Å². The highest BCUT2D eigenvalue weighted by molar-refractivity contribution is 5.79. The van der Waals surface area contributed by atoms with E-state index < -0.39 is 0 Å². The average molecular weight is 373 g/mol. The first kappa shape index (κ1) is 27.1. The fraction of sp³-hybridized carbons (Fsp3) is 0.458. The number of nitrogens with one attached hydrogen (secondary N) is 1. The minimum atomic E-state index is 0.206. The van der Waals surface area contributed by atoms with Gasteiger partial charge in [-0.3, -0.25) is 4.79 Å². The number of benzene rings is 1. The molecule has 0 spiro atoms. The lowest BCUT2D eigenvalue weighted by atomic mass is 10.0. The first-order chi connectivity index (χ1) is 13.2. The quantitative estimate of drug-likeness (QED) is 0.535. The number of carbonyl (C=O) groups excluding carboxylic acids is 1. The molecule has 1 aliphatic heterocycles. The molecular formula is C24H40N2O. The fourth-order valence-electron chi connectivity index (χ4n) is 2.58. The Hall–Kier alpha value is -2.13. The van der Waals surface area contributed by atoms with E-state index in [4.69, 9.17) is 0 Å². The van der Waals surface area contributed by atoms with Gasteiger partial charge in [-0.1, -0.05) is 89.4 Å². The lowest BCUT2D eigenvalue weighted by Gasteiger charge is -2.34. The van der Waals surface area contributed by atoms with E-state index in [1.807, 2.05) is 69.0 Å². The fourth-order valence-corrected chi connectivity index (χ4v) is 2.58. The summed E-state index contributed by atoms with van der Waals surface area (Å²) in [6, 6.07) is 10.3. The van der Waals surface area contributed by atoms with Crippen LogP contribution >= 0.6 is 0 Å². The molecule has 2 rings (SSSR count). The van der Waals surface area contributed by atoms with Gasteiger partial charge in [0.2, 0.25) is 5.91 Å². The van der Waals surface area contributed by atoms with Gasteiger partial charge in [0.25, 0.3) is 0 Å². The molecule has 3 nitrogen and oxygen atoms in total. The molecule has 152 valence electrons. The second-order valence-corrected chi connectivity index (χ2v) is 5.45. The summed E-state index contributed by atoms with van der Waals surface area (Å²) >= 11 is 0. The summed E-state index contributed by atoms with van der Waals surface area (Å²) in [4.78, 5) is 14.4. The van der Waals surface area contributed by atoms with Crippen LogP contribution < -0.4 is 5.32 Å². The smallest absolute Gasteiger partial charge is 0.227 e. The molecule has 0 bridgehead atoms. The number of nitrogens with zero attached hydrogens (tertiary/aromatic N) is 1. The summed E-state index contributed by atoms with van der Waals surface area (Å²) in [5.41, 5.74) is 1.08. The highest BCUT2D eigenvalue weighted by atomic mass is 16.2. The zero-order valence-corrected chi connectivity index (χ0v) is 17.9. The molecule has 1 aliphatic rings. The molecule has 1 aromatic rings. The molecular weight excluding hydrogens is 332 g/mol. The van der Waals surface area contributed by atoms with Gasteiger partial charge >= 0.3 is 0 Å². The number of piperidine rings is 1. The van der Waals surface area contributed by atoms with Crippen LogP contribution in [0.1, 0.15) is 46.1 Å². The number of allylic oxidation sites excluding steroid dienone is 2. The summed E-state index contributed by atoms with van der Waals surface area (Å²) in [5, 5.41) is 3.34. The number of amides is 1. The molecule has 0 saturated carbocycles. The second-order valence-electron chi connectivity index (χ2n) is 5.45. The van der Waals surface area contributed by atoms with Gasteiger partial charge in [0.15, 0.2) is 0 Å². The molecule has 0 aromatic heterocycles. The molecule has 0 aliphatic carbocycles. The lowest BCUT2D eigenvalue weighted by Crippen LogP contribution is -2.46. The van der Waals surface area contributed by atoms with Crippen molar-refractivity contribution >= 4 is 5.91 Å². The third kappa shape index (κ3) is 12.8. The zero-order chi connectivity index (χ0) is 20.9. The number of rotatable bonds is 6. The van der Waals surface area contributed by atoms with E-state index in [2.05, 4.69) is 25.1 Å². The van der Waals surface area contributed by atoms with E-state index >= 15 is 0 Å². The Morgan fingerprint density at radius 3 is 2.00 bits per heavy atom. The first-order valence-corrected chi connectivity index (χ1v) is 10.1. The Labute approximate surface area is 167 Å². The summed E-state index contributed by atoms with van der Waals surface area (Å²) in [6.07, 6.45) is 7.66. The van der Waals surface area contributed by atoms with Crippen LogP contribution in [0, 0.1) is 0 Å². The first-order valence-electron chi connectivity index (χ1n) is 10.1. The van der Waals surface area contributed by atoms with Crippen LogP contribution in [-0.2, 0) is 11.2 Å². The highest BCUT2D eigenvalue weighted by Crippen LogP contribution is 2.14. The van der Waals surface area contributed by atoms with Crippen molar-refractivity contribution in [2.24, 2.45) is 0 Å². The van der Waals surface area contributed by atoms with Crippen molar-refractivity contribution in [3.05, 3.63) is 73.9 Å². The number of hydrogen-bond donors (Lipinski definition) is 1. The Bertz CT molecular complexity index is 484. The molecule has 1 amide bonds. The molecule has 0 unspecified atom stereocenters. The van der Waals surface area contributed by atoms with Gasteiger partial charge in [0, 0.05) is 12.6 Å². The highest BCUT2D eigenvalue weighted by Gasteiger charge is 2.24. The van der Waals surface area contributed by atoms with E-state index in [9.17, 15) is 4.79 Å². The van der Waals surface area contributed by atoms with E-state index in [0.717, 1.165) is 31.5 Å².